The van der Waals surface area contributed by atoms with Gasteiger partial charge in [0, 0.05) is 12.0 Å². The average molecular weight is 322 g/mol. The number of hydrogen-bond acceptors (Lipinski definition) is 4. The molecule has 1 aliphatic heterocycles. The summed E-state index contributed by atoms with van der Waals surface area (Å²) in [6, 6.07) is 0. The molecule has 4 nitrogen and oxygen atoms in total. The predicted octanol–water partition coefficient (Wildman–Crippen LogP) is 2.47. The summed E-state index contributed by atoms with van der Waals surface area (Å²) in [5.41, 5.74) is -3.91. The fraction of sp³-hybridized carbons (Fsp3) is 0.727. The Labute approximate surface area is 115 Å². The highest BCUT2D eigenvalue weighted by Crippen LogP contribution is 2.49. The van der Waals surface area contributed by atoms with Gasteiger partial charge >= 0.3 is 18.3 Å². The zero-order valence-electron chi connectivity index (χ0n) is 10.8. The van der Waals surface area contributed by atoms with Crippen LogP contribution in [0.1, 0.15) is 19.8 Å². The summed E-state index contributed by atoms with van der Waals surface area (Å²) in [5.74, 6) is -5.55. The van der Waals surface area contributed by atoms with Crippen molar-refractivity contribution in [1.82, 2.24) is 0 Å². The minimum Gasteiger partial charge on any atom is -0.446 e. The lowest BCUT2D eigenvalue weighted by atomic mass is 9.87. The van der Waals surface area contributed by atoms with E-state index < -0.39 is 54.7 Å². The third-order valence-corrected chi connectivity index (χ3v) is 2.97. The monoisotopic (exact) mass is 322 g/mol. The molecule has 1 rings (SSSR count). The predicted molar refractivity (Wildman–Crippen MR) is 55.9 cm³/mol. The number of carbonyl (C=O) groups excluding carboxylic acids is 1. The minimum atomic E-state index is -5.47. The summed E-state index contributed by atoms with van der Waals surface area (Å²) in [6.45, 7) is 3.02. The Bertz CT molecular complexity index is 443. The smallest absolute Gasteiger partial charge is 0.443 e. The summed E-state index contributed by atoms with van der Waals surface area (Å²) >= 11 is 0. The van der Waals surface area contributed by atoms with E-state index in [1.54, 1.807) is 0 Å². The zero-order chi connectivity index (χ0) is 16.7. The van der Waals surface area contributed by atoms with E-state index in [4.69, 9.17) is 0 Å². The lowest BCUT2D eigenvalue weighted by Crippen LogP contribution is -2.63. The molecule has 0 aliphatic carbocycles. The van der Waals surface area contributed by atoms with Gasteiger partial charge in [-0.05, 0) is 6.92 Å². The van der Waals surface area contributed by atoms with Crippen molar-refractivity contribution in [2.75, 3.05) is 6.61 Å². The molecule has 21 heavy (non-hydrogen) atoms. The van der Waals surface area contributed by atoms with E-state index in [-0.39, 0.29) is 0 Å². The Hall–Kier alpha value is -1.29. The van der Waals surface area contributed by atoms with Crippen LogP contribution in [0.5, 0.6) is 0 Å². The summed E-state index contributed by atoms with van der Waals surface area (Å²) in [5, 5.41) is 9.30. The van der Waals surface area contributed by atoms with Gasteiger partial charge in [0.25, 0.3) is 5.79 Å². The Kier molecular flexibility index (Phi) is 4.37. The Morgan fingerprint density at radius 1 is 1.24 bits per heavy atom. The molecule has 1 aliphatic rings. The first kappa shape index (κ1) is 17.8. The second-order valence-corrected chi connectivity index (χ2v) is 4.72. The molecule has 122 valence electrons. The third-order valence-electron chi connectivity index (χ3n) is 2.97. The maximum Gasteiger partial charge on any atom is 0.443 e. The van der Waals surface area contributed by atoms with Crippen LogP contribution in [0.25, 0.3) is 0 Å². The first-order chi connectivity index (χ1) is 9.24. The molecule has 0 aromatic carbocycles. The largest absolute Gasteiger partial charge is 0.446 e. The number of esters is 1. The van der Waals surface area contributed by atoms with E-state index in [1.807, 2.05) is 0 Å². The van der Waals surface area contributed by atoms with Crippen molar-refractivity contribution in [2.24, 2.45) is 0 Å². The van der Waals surface area contributed by atoms with Gasteiger partial charge in [0.1, 0.15) is 0 Å². The molecule has 1 saturated heterocycles. The standard InChI is InChI=1S/C11H12F6O4/c1-6(2)7(18)21-8(10(12,13)14)3-4-20-9(19,5-8)11(15,16)17/h19H,1,3-5H2,2H3. The Morgan fingerprint density at radius 3 is 2.14 bits per heavy atom. The SMILES string of the molecule is C=C(C)C(=O)OC1(C(F)(F)F)CCOC(O)(C(F)(F)F)C1. The first-order valence-electron chi connectivity index (χ1n) is 5.63. The van der Waals surface area contributed by atoms with E-state index in [9.17, 15) is 36.2 Å². The molecule has 0 aromatic rings. The molecule has 1 fully saturated rings. The molecule has 0 aromatic heterocycles. The van der Waals surface area contributed by atoms with Gasteiger partial charge in [-0.25, -0.2) is 4.79 Å². The molecule has 1 heterocycles. The third kappa shape index (κ3) is 3.31. The number of alkyl halides is 6. The van der Waals surface area contributed by atoms with E-state index in [1.165, 1.54) is 0 Å². The molecule has 0 amide bonds. The zero-order valence-corrected chi connectivity index (χ0v) is 10.8. The summed E-state index contributed by atoms with van der Waals surface area (Å²) < 4.78 is 85.5. The van der Waals surface area contributed by atoms with Gasteiger partial charge in [0.15, 0.2) is 0 Å². The molecule has 2 unspecified atom stereocenters. The molecule has 0 radical (unpaired) electrons. The second kappa shape index (κ2) is 5.16. The van der Waals surface area contributed by atoms with Gasteiger partial charge < -0.3 is 14.6 Å². The fourth-order valence-electron chi connectivity index (χ4n) is 1.74. The molecular weight excluding hydrogens is 310 g/mol. The van der Waals surface area contributed by atoms with Crippen molar-refractivity contribution in [3.05, 3.63) is 12.2 Å². The number of ether oxygens (including phenoxy) is 2. The van der Waals surface area contributed by atoms with Crippen LogP contribution in [0, 0.1) is 0 Å². The van der Waals surface area contributed by atoms with Crippen molar-refractivity contribution in [3.8, 4) is 0 Å². The van der Waals surface area contributed by atoms with Crippen LogP contribution in [0.4, 0.5) is 26.3 Å². The molecular formula is C11H12F6O4. The minimum absolute atomic E-state index is 0.416. The molecule has 0 bridgehead atoms. The van der Waals surface area contributed by atoms with E-state index >= 15 is 0 Å². The summed E-state index contributed by atoms with van der Waals surface area (Å²) in [6.07, 6.45) is -13.8. The number of rotatable bonds is 2. The lowest BCUT2D eigenvalue weighted by molar-refractivity contribution is -0.413. The van der Waals surface area contributed by atoms with Gasteiger partial charge in [-0.2, -0.15) is 26.3 Å². The average Bonchev–Trinajstić information content (AvgIpc) is 2.25. The van der Waals surface area contributed by atoms with E-state index in [2.05, 4.69) is 16.1 Å². The topological polar surface area (TPSA) is 55.8 Å². The van der Waals surface area contributed by atoms with Crippen LogP contribution in [-0.4, -0.2) is 41.4 Å². The normalized spacial score (nSPS) is 30.9. The van der Waals surface area contributed by atoms with Crippen LogP contribution in [-0.2, 0) is 14.3 Å². The van der Waals surface area contributed by atoms with Crippen molar-refractivity contribution in [2.45, 2.75) is 43.5 Å². The number of aliphatic hydroxyl groups is 1. The van der Waals surface area contributed by atoms with Crippen LogP contribution in [0.2, 0.25) is 0 Å². The molecule has 1 N–H and O–H groups in total. The maximum atomic E-state index is 13.1. The van der Waals surface area contributed by atoms with Crippen molar-refractivity contribution >= 4 is 5.97 Å². The highest BCUT2D eigenvalue weighted by Gasteiger charge is 2.69. The quantitative estimate of drug-likeness (QED) is 0.482. The molecule has 10 heteroatoms. The van der Waals surface area contributed by atoms with Gasteiger partial charge in [-0.15, -0.1) is 0 Å². The molecule has 0 spiro atoms. The lowest BCUT2D eigenvalue weighted by Gasteiger charge is -2.45. The van der Waals surface area contributed by atoms with Crippen molar-refractivity contribution < 1.29 is 45.7 Å². The van der Waals surface area contributed by atoms with Gasteiger partial charge in [0.05, 0.1) is 13.0 Å². The Morgan fingerprint density at radius 2 is 1.76 bits per heavy atom. The number of carbonyl (C=O) groups is 1. The Balaban J connectivity index is 3.21. The van der Waals surface area contributed by atoms with Gasteiger partial charge in [-0.3, -0.25) is 0 Å². The first-order valence-corrected chi connectivity index (χ1v) is 5.63. The van der Waals surface area contributed by atoms with Crippen LogP contribution >= 0.6 is 0 Å². The van der Waals surface area contributed by atoms with Crippen LogP contribution in [0.3, 0.4) is 0 Å². The van der Waals surface area contributed by atoms with E-state index in [0.29, 0.717) is 0 Å². The highest BCUT2D eigenvalue weighted by atomic mass is 19.4. The van der Waals surface area contributed by atoms with Crippen LogP contribution < -0.4 is 0 Å². The molecule has 2 atom stereocenters. The number of halogens is 6. The van der Waals surface area contributed by atoms with Gasteiger partial charge in [-0.1, -0.05) is 6.58 Å². The maximum absolute atomic E-state index is 13.1. The second-order valence-electron chi connectivity index (χ2n) is 4.72. The van der Waals surface area contributed by atoms with E-state index in [0.717, 1.165) is 6.92 Å². The summed E-state index contributed by atoms with van der Waals surface area (Å²) in [4.78, 5) is 11.3. The van der Waals surface area contributed by atoms with Crippen LogP contribution in [0.15, 0.2) is 12.2 Å². The number of hydrogen-bond donors (Lipinski definition) is 1. The van der Waals surface area contributed by atoms with Gasteiger partial charge in [0.2, 0.25) is 5.60 Å². The fourth-order valence-corrected chi connectivity index (χ4v) is 1.74. The van der Waals surface area contributed by atoms with Crippen molar-refractivity contribution in [1.29, 1.82) is 0 Å². The summed E-state index contributed by atoms with van der Waals surface area (Å²) in [7, 11) is 0. The van der Waals surface area contributed by atoms with Crippen molar-refractivity contribution in [3.63, 3.8) is 0 Å². The molecule has 0 saturated carbocycles. The highest BCUT2D eigenvalue weighted by molar-refractivity contribution is 5.87.